The van der Waals surface area contributed by atoms with Crippen LogP contribution in [0.1, 0.15) is 0 Å². The second-order valence-corrected chi connectivity index (χ2v) is 16.5. The van der Waals surface area contributed by atoms with Crippen molar-refractivity contribution in [1.29, 1.82) is 0 Å². The summed E-state index contributed by atoms with van der Waals surface area (Å²) in [6, 6.07) is 64.9. The van der Waals surface area contributed by atoms with Crippen molar-refractivity contribution in [1.82, 2.24) is 19.5 Å². The summed E-state index contributed by atoms with van der Waals surface area (Å²) in [5, 5.41) is 7.62. The van der Waals surface area contributed by atoms with Gasteiger partial charge >= 0.3 is 0 Å². The Morgan fingerprint density at radius 2 is 0.930 bits per heavy atom. The maximum Gasteiger partial charge on any atom is 0.165 e. The molecule has 0 spiro atoms. The standard InChI is InChI=1S/C51H30N4S2/c1-2-13-31(14-3-1)49-52-50(54-51(53-49)40-23-12-22-39-37-20-5-9-26-46(37)57-48(39)40)34-17-10-15-32(27-34)33-16-11-18-35(28-33)55-43-24-7-4-19-36(43)41-29-42-38-21-6-8-25-45(38)56-47(42)30-44(41)55/h1-30H. The van der Waals surface area contributed by atoms with Gasteiger partial charge in [-0.3, -0.25) is 0 Å². The van der Waals surface area contributed by atoms with Crippen LogP contribution in [0.4, 0.5) is 0 Å². The molecule has 0 unspecified atom stereocenters. The van der Waals surface area contributed by atoms with Gasteiger partial charge in [0.25, 0.3) is 0 Å². The van der Waals surface area contributed by atoms with Crippen molar-refractivity contribution in [3.8, 4) is 51.0 Å². The van der Waals surface area contributed by atoms with Crippen molar-refractivity contribution in [3.63, 3.8) is 0 Å². The zero-order chi connectivity index (χ0) is 37.5. The molecule has 0 aliphatic rings. The third kappa shape index (κ3) is 5.22. The van der Waals surface area contributed by atoms with Gasteiger partial charge in [0, 0.05) is 73.5 Å². The maximum absolute atomic E-state index is 5.20. The summed E-state index contributed by atoms with van der Waals surface area (Å²) in [5.41, 5.74) is 8.64. The van der Waals surface area contributed by atoms with E-state index in [1.807, 2.05) is 29.5 Å². The van der Waals surface area contributed by atoms with Gasteiger partial charge in [0.15, 0.2) is 17.5 Å². The summed E-state index contributed by atoms with van der Waals surface area (Å²) in [6.07, 6.45) is 0. The average Bonchev–Trinajstić information content (AvgIpc) is 3.95. The Bertz CT molecular complexity index is 3540. The van der Waals surface area contributed by atoms with Gasteiger partial charge in [0.2, 0.25) is 0 Å². The number of thiophene rings is 2. The smallest absolute Gasteiger partial charge is 0.165 e. The second-order valence-electron chi connectivity index (χ2n) is 14.4. The van der Waals surface area contributed by atoms with Gasteiger partial charge in [0.05, 0.1) is 11.0 Å². The zero-order valence-electron chi connectivity index (χ0n) is 30.4. The van der Waals surface area contributed by atoms with Gasteiger partial charge in [-0.1, -0.05) is 127 Å². The average molecular weight is 763 g/mol. The highest BCUT2D eigenvalue weighted by molar-refractivity contribution is 7.26. The molecular formula is C51H30N4S2. The number of hydrogen-bond donors (Lipinski definition) is 0. The Morgan fingerprint density at radius 1 is 0.333 bits per heavy atom. The summed E-state index contributed by atoms with van der Waals surface area (Å²) < 4.78 is 7.46. The van der Waals surface area contributed by atoms with Gasteiger partial charge in [-0.05, 0) is 65.7 Å². The maximum atomic E-state index is 5.20. The Labute approximate surface area is 335 Å². The quantitative estimate of drug-likeness (QED) is 0.175. The molecule has 6 heteroatoms. The van der Waals surface area contributed by atoms with Crippen LogP contribution in [0.25, 0.3) is 113 Å². The third-order valence-electron chi connectivity index (χ3n) is 11.0. The SMILES string of the molecule is c1ccc(-c2nc(-c3cccc(-c4cccc(-n5c6ccccc6c6cc7c(cc65)sc5ccccc57)c4)c3)nc(-c3cccc4c3sc3ccccc34)n2)cc1. The number of aromatic nitrogens is 4. The molecule has 4 heterocycles. The van der Waals surface area contributed by atoms with Crippen LogP contribution in [0.5, 0.6) is 0 Å². The third-order valence-corrected chi connectivity index (χ3v) is 13.4. The molecule has 0 amide bonds. The molecule has 266 valence electrons. The van der Waals surface area contributed by atoms with Gasteiger partial charge in [-0.2, -0.15) is 0 Å². The van der Waals surface area contributed by atoms with Gasteiger partial charge in [-0.25, -0.2) is 15.0 Å². The Kier molecular flexibility index (Phi) is 7.24. The van der Waals surface area contributed by atoms with Crippen molar-refractivity contribution >= 4 is 84.8 Å². The van der Waals surface area contributed by atoms with E-state index in [0.29, 0.717) is 17.5 Å². The molecule has 0 fully saturated rings. The van der Waals surface area contributed by atoms with Crippen LogP contribution >= 0.6 is 22.7 Å². The number of para-hydroxylation sites is 1. The summed E-state index contributed by atoms with van der Waals surface area (Å²) >= 11 is 3.65. The minimum absolute atomic E-state index is 0.643. The first-order valence-electron chi connectivity index (χ1n) is 19.0. The molecule has 0 saturated heterocycles. The van der Waals surface area contributed by atoms with Crippen molar-refractivity contribution < 1.29 is 0 Å². The molecule has 12 aromatic rings. The van der Waals surface area contributed by atoms with Crippen LogP contribution < -0.4 is 0 Å². The number of rotatable bonds is 5. The first-order chi connectivity index (χ1) is 28.2. The minimum Gasteiger partial charge on any atom is -0.309 e. The summed E-state index contributed by atoms with van der Waals surface area (Å²) in [7, 11) is 0. The predicted molar refractivity (Wildman–Crippen MR) is 242 cm³/mol. The molecule has 4 aromatic heterocycles. The van der Waals surface area contributed by atoms with E-state index in [-0.39, 0.29) is 0 Å². The Balaban J connectivity index is 1.00. The van der Waals surface area contributed by atoms with E-state index in [9.17, 15) is 0 Å². The Hall–Kier alpha value is -6.99. The minimum atomic E-state index is 0.643. The molecule has 0 radical (unpaired) electrons. The number of benzene rings is 8. The van der Waals surface area contributed by atoms with Gasteiger partial charge < -0.3 is 4.57 Å². The fraction of sp³-hybridized carbons (Fsp3) is 0. The van der Waals surface area contributed by atoms with E-state index in [1.165, 1.54) is 62.2 Å². The van der Waals surface area contributed by atoms with E-state index < -0.39 is 0 Å². The lowest BCUT2D eigenvalue weighted by Gasteiger charge is -2.12. The van der Waals surface area contributed by atoms with Crippen LogP contribution in [0, 0.1) is 0 Å². The molecular weight excluding hydrogens is 733 g/mol. The monoisotopic (exact) mass is 762 g/mol. The van der Waals surface area contributed by atoms with E-state index in [2.05, 4.69) is 168 Å². The lowest BCUT2D eigenvalue weighted by molar-refractivity contribution is 1.08. The van der Waals surface area contributed by atoms with Crippen molar-refractivity contribution in [3.05, 3.63) is 182 Å². The normalized spacial score (nSPS) is 11.9. The zero-order valence-corrected chi connectivity index (χ0v) is 32.1. The van der Waals surface area contributed by atoms with Crippen molar-refractivity contribution in [2.75, 3.05) is 0 Å². The molecule has 0 bridgehead atoms. The lowest BCUT2D eigenvalue weighted by atomic mass is 10.0. The lowest BCUT2D eigenvalue weighted by Crippen LogP contribution is -2.00. The number of hydrogen-bond acceptors (Lipinski definition) is 5. The molecule has 0 aliphatic heterocycles. The number of nitrogens with zero attached hydrogens (tertiary/aromatic N) is 4. The van der Waals surface area contributed by atoms with Gasteiger partial charge in [-0.15, -0.1) is 22.7 Å². The van der Waals surface area contributed by atoms with E-state index in [1.54, 1.807) is 11.3 Å². The van der Waals surface area contributed by atoms with Crippen LogP contribution in [-0.2, 0) is 0 Å². The molecule has 57 heavy (non-hydrogen) atoms. The van der Waals surface area contributed by atoms with Crippen LogP contribution in [0.15, 0.2) is 182 Å². The van der Waals surface area contributed by atoms with Crippen molar-refractivity contribution in [2.45, 2.75) is 0 Å². The molecule has 12 rings (SSSR count). The molecule has 4 nitrogen and oxygen atoms in total. The topological polar surface area (TPSA) is 43.6 Å². The van der Waals surface area contributed by atoms with Crippen molar-refractivity contribution in [2.24, 2.45) is 0 Å². The first-order valence-corrected chi connectivity index (χ1v) is 20.6. The van der Waals surface area contributed by atoms with Gasteiger partial charge in [0.1, 0.15) is 0 Å². The largest absolute Gasteiger partial charge is 0.309 e. The second kappa shape index (κ2) is 12.8. The highest BCUT2D eigenvalue weighted by Gasteiger charge is 2.19. The fourth-order valence-electron chi connectivity index (χ4n) is 8.39. The highest BCUT2D eigenvalue weighted by Crippen LogP contribution is 2.42. The molecule has 0 N–H and O–H groups in total. The van der Waals surface area contributed by atoms with Crippen LogP contribution in [0.3, 0.4) is 0 Å². The molecule has 0 atom stereocenters. The fourth-order valence-corrected chi connectivity index (χ4v) is 10.7. The van der Waals surface area contributed by atoms with Crippen LogP contribution in [-0.4, -0.2) is 19.5 Å². The molecule has 8 aromatic carbocycles. The number of fused-ring (bicyclic) bond motifs is 9. The van der Waals surface area contributed by atoms with E-state index >= 15 is 0 Å². The summed E-state index contributed by atoms with van der Waals surface area (Å²) in [4.78, 5) is 15.4. The molecule has 0 saturated carbocycles. The highest BCUT2D eigenvalue weighted by atomic mass is 32.1. The summed E-state index contributed by atoms with van der Waals surface area (Å²) in [5.74, 6) is 1.97. The molecule has 0 aliphatic carbocycles. The van der Waals surface area contributed by atoms with E-state index in [4.69, 9.17) is 15.0 Å². The first kappa shape index (κ1) is 32.3. The summed E-state index contributed by atoms with van der Waals surface area (Å²) in [6.45, 7) is 0. The van der Waals surface area contributed by atoms with E-state index in [0.717, 1.165) is 33.5 Å². The Morgan fingerprint density at radius 3 is 1.77 bits per heavy atom. The van der Waals surface area contributed by atoms with Crippen LogP contribution in [0.2, 0.25) is 0 Å². The predicted octanol–water partition coefficient (Wildman–Crippen LogP) is 14.4.